The molecule has 2 fully saturated rings. The largest absolute Gasteiger partial charge is 0.314 e. The third kappa shape index (κ3) is 3.08. The van der Waals surface area contributed by atoms with Gasteiger partial charge in [0.05, 0.1) is 0 Å². The molecule has 0 bridgehead atoms. The fourth-order valence-corrected chi connectivity index (χ4v) is 3.76. The van der Waals surface area contributed by atoms with Crippen LogP contribution in [0, 0.1) is 11.3 Å². The smallest absolute Gasteiger partial charge is 0.0492 e. The first-order chi connectivity index (χ1) is 9.59. The van der Waals surface area contributed by atoms with Crippen LogP contribution in [0.2, 0.25) is 0 Å². The normalized spacial score (nSPS) is 29.6. The predicted octanol–water partition coefficient (Wildman–Crippen LogP) is 3.56. The second-order valence-corrected chi connectivity index (χ2v) is 7.53. The average Bonchev–Trinajstić information content (AvgIpc) is 3.12. The third-order valence-electron chi connectivity index (χ3n) is 5.21. The molecule has 3 nitrogen and oxygen atoms in total. The van der Waals surface area contributed by atoms with Crippen molar-refractivity contribution in [1.29, 1.82) is 0 Å². The van der Waals surface area contributed by atoms with Gasteiger partial charge in [0.2, 0.25) is 0 Å². The Morgan fingerprint density at radius 3 is 2.85 bits per heavy atom. The number of rotatable bonds is 5. The molecule has 0 radical (unpaired) electrons. The lowest BCUT2D eigenvalue weighted by Gasteiger charge is -2.41. The van der Waals surface area contributed by atoms with Gasteiger partial charge in [-0.25, -0.2) is 0 Å². The SMILES string of the molecule is CCn1nccc1C1CC(C)(C)CCC1CNC1CC1. The summed E-state index contributed by atoms with van der Waals surface area (Å²) in [6, 6.07) is 3.07. The van der Waals surface area contributed by atoms with Crippen molar-refractivity contribution in [2.45, 2.75) is 71.4 Å². The minimum Gasteiger partial charge on any atom is -0.314 e. The van der Waals surface area contributed by atoms with Gasteiger partial charge in [-0.3, -0.25) is 4.68 Å². The van der Waals surface area contributed by atoms with Crippen molar-refractivity contribution in [3.05, 3.63) is 18.0 Å². The molecule has 2 aliphatic rings. The summed E-state index contributed by atoms with van der Waals surface area (Å²) in [5, 5.41) is 8.25. The van der Waals surface area contributed by atoms with E-state index in [0.717, 1.165) is 18.5 Å². The number of aryl methyl sites for hydroxylation is 1. The zero-order chi connectivity index (χ0) is 14.2. The van der Waals surface area contributed by atoms with Gasteiger partial charge in [-0.2, -0.15) is 5.10 Å². The van der Waals surface area contributed by atoms with Crippen molar-refractivity contribution in [2.75, 3.05) is 6.54 Å². The molecule has 1 aromatic rings. The molecule has 3 rings (SSSR count). The fourth-order valence-electron chi connectivity index (χ4n) is 3.76. The highest BCUT2D eigenvalue weighted by Gasteiger charge is 2.37. The zero-order valence-electron chi connectivity index (χ0n) is 13.2. The Balaban J connectivity index is 1.76. The van der Waals surface area contributed by atoms with E-state index in [4.69, 9.17) is 0 Å². The van der Waals surface area contributed by atoms with Gasteiger partial charge in [0.1, 0.15) is 0 Å². The van der Waals surface area contributed by atoms with Gasteiger partial charge < -0.3 is 5.32 Å². The Bertz CT molecular complexity index is 443. The molecule has 2 unspecified atom stereocenters. The van der Waals surface area contributed by atoms with E-state index >= 15 is 0 Å². The highest BCUT2D eigenvalue weighted by atomic mass is 15.3. The van der Waals surface area contributed by atoms with Crippen LogP contribution in [0.15, 0.2) is 12.3 Å². The number of hydrogen-bond donors (Lipinski definition) is 1. The van der Waals surface area contributed by atoms with Crippen molar-refractivity contribution in [1.82, 2.24) is 15.1 Å². The maximum atomic E-state index is 4.50. The Kier molecular flexibility index (Phi) is 3.89. The van der Waals surface area contributed by atoms with E-state index in [0.29, 0.717) is 11.3 Å². The Morgan fingerprint density at radius 2 is 2.15 bits per heavy atom. The van der Waals surface area contributed by atoms with E-state index in [1.165, 1.54) is 44.3 Å². The number of nitrogens with one attached hydrogen (secondary N) is 1. The lowest BCUT2D eigenvalue weighted by molar-refractivity contribution is 0.154. The van der Waals surface area contributed by atoms with Gasteiger partial charge in [-0.15, -0.1) is 0 Å². The molecule has 2 aliphatic carbocycles. The van der Waals surface area contributed by atoms with E-state index < -0.39 is 0 Å². The Labute approximate surface area is 123 Å². The number of nitrogens with zero attached hydrogens (tertiary/aromatic N) is 2. The van der Waals surface area contributed by atoms with Crippen LogP contribution in [0.5, 0.6) is 0 Å². The molecule has 0 amide bonds. The molecular formula is C17H29N3. The van der Waals surface area contributed by atoms with E-state index in [1.807, 2.05) is 6.20 Å². The van der Waals surface area contributed by atoms with Crippen molar-refractivity contribution < 1.29 is 0 Å². The summed E-state index contributed by atoms with van der Waals surface area (Å²) in [5.41, 5.74) is 1.94. The average molecular weight is 275 g/mol. The first-order valence-corrected chi connectivity index (χ1v) is 8.34. The molecule has 3 heteroatoms. The van der Waals surface area contributed by atoms with Gasteiger partial charge in [-0.05, 0) is 63.0 Å². The minimum atomic E-state index is 0.476. The molecule has 0 aliphatic heterocycles. The third-order valence-corrected chi connectivity index (χ3v) is 5.21. The van der Waals surface area contributed by atoms with E-state index in [-0.39, 0.29) is 0 Å². The summed E-state index contributed by atoms with van der Waals surface area (Å²) in [5.74, 6) is 1.46. The summed E-state index contributed by atoms with van der Waals surface area (Å²) in [6.45, 7) is 9.23. The molecule has 1 N–H and O–H groups in total. The summed E-state index contributed by atoms with van der Waals surface area (Å²) in [4.78, 5) is 0. The Morgan fingerprint density at radius 1 is 1.35 bits per heavy atom. The maximum Gasteiger partial charge on any atom is 0.0492 e. The molecule has 2 atom stereocenters. The minimum absolute atomic E-state index is 0.476. The molecular weight excluding hydrogens is 246 g/mol. The van der Waals surface area contributed by atoms with Crippen LogP contribution >= 0.6 is 0 Å². The molecule has 2 saturated carbocycles. The first-order valence-electron chi connectivity index (χ1n) is 8.34. The second-order valence-electron chi connectivity index (χ2n) is 7.53. The van der Waals surface area contributed by atoms with Crippen molar-refractivity contribution >= 4 is 0 Å². The second kappa shape index (κ2) is 5.51. The lowest BCUT2D eigenvalue weighted by Crippen LogP contribution is -2.36. The van der Waals surface area contributed by atoms with Gasteiger partial charge in [0.15, 0.2) is 0 Å². The van der Waals surface area contributed by atoms with Crippen LogP contribution in [0.4, 0.5) is 0 Å². The van der Waals surface area contributed by atoms with Gasteiger partial charge >= 0.3 is 0 Å². The van der Waals surface area contributed by atoms with E-state index in [1.54, 1.807) is 0 Å². The Hall–Kier alpha value is -0.830. The molecule has 1 heterocycles. The zero-order valence-corrected chi connectivity index (χ0v) is 13.2. The number of hydrogen-bond acceptors (Lipinski definition) is 2. The molecule has 0 saturated heterocycles. The highest BCUT2D eigenvalue weighted by Crippen LogP contribution is 2.46. The van der Waals surface area contributed by atoms with Crippen LogP contribution in [-0.2, 0) is 6.54 Å². The van der Waals surface area contributed by atoms with Crippen LogP contribution in [0.3, 0.4) is 0 Å². The van der Waals surface area contributed by atoms with Crippen LogP contribution < -0.4 is 5.32 Å². The fraction of sp³-hybridized carbons (Fsp3) is 0.824. The van der Waals surface area contributed by atoms with Crippen LogP contribution in [0.25, 0.3) is 0 Å². The van der Waals surface area contributed by atoms with E-state index in [2.05, 4.69) is 41.9 Å². The van der Waals surface area contributed by atoms with Crippen LogP contribution in [-0.4, -0.2) is 22.4 Å². The predicted molar refractivity (Wildman–Crippen MR) is 82.8 cm³/mol. The first kappa shape index (κ1) is 14.1. The van der Waals surface area contributed by atoms with Crippen molar-refractivity contribution in [3.8, 4) is 0 Å². The maximum absolute atomic E-state index is 4.50. The summed E-state index contributed by atoms with van der Waals surface area (Å²) in [7, 11) is 0. The summed E-state index contributed by atoms with van der Waals surface area (Å²) < 4.78 is 2.20. The molecule has 0 spiro atoms. The molecule has 20 heavy (non-hydrogen) atoms. The monoisotopic (exact) mass is 275 g/mol. The summed E-state index contributed by atoms with van der Waals surface area (Å²) >= 11 is 0. The van der Waals surface area contributed by atoms with Crippen molar-refractivity contribution in [3.63, 3.8) is 0 Å². The standard InChI is InChI=1S/C17H29N3/c1-4-20-16(8-10-19-20)15-11-17(2,3)9-7-13(15)12-18-14-5-6-14/h8,10,13-15,18H,4-7,9,11-12H2,1-3H3. The topological polar surface area (TPSA) is 29.9 Å². The lowest BCUT2D eigenvalue weighted by atomic mass is 9.66. The van der Waals surface area contributed by atoms with Crippen molar-refractivity contribution in [2.24, 2.45) is 11.3 Å². The molecule has 0 aromatic carbocycles. The van der Waals surface area contributed by atoms with Gasteiger partial charge in [-0.1, -0.05) is 13.8 Å². The van der Waals surface area contributed by atoms with Gasteiger partial charge in [0, 0.05) is 30.4 Å². The molecule has 112 valence electrons. The molecule has 1 aromatic heterocycles. The number of aromatic nitrogens is 2. The van der Waals surface area contributed by atoms with Gasteiger partial charge in [0.25, 0.3) is 0 Å². The van der Waals surface area contributed by atoms with E-state index in [9.17, 15) is 0 Å². The summed E-state index contributed by atoms with van der Waals surface area (Å²) in [6.07, 6.45) is 8.76. The van der Waals surface area contributed by atoms with Crippen LogP contribution in [0.1, 0.15) is 64.5 Å². The quantitative estimate of drug-likeness (QED) is 0.890. The highest BCUT2D eigenvalue weighted by molar-refractivity contribution is 5.12.